The van der Waals surface area contributed by atoms with Crippen molar-refractivity contribution in [3.63, 3.8) is 0 Å². The lowest BCUT2D eigenvalue weighted by atomic mass is 9.86. The fourth-order valence-electron chi connectivity index (χ4n) is 4.36. The van der Waals surface area contributed by atoms with E-state index in [2.05, 4.69) is 76.9 Å². The molecule has 1 aromatic heterocycles. The van der Waals surface area contributed by atoms with Crippen molar-refractivity contribution in [3.05, 3.63) is 82.4 Å². The first-order valence-corrected chi connectivity index (χ1v) is 12.8. The average Bonchev–Trinajstić information content (AvgIpc) is 3.30. The molecule has 6 heteroatoms. The van der Waals surface area contributed by atoms with Gasteiger partial charge in [0.05, 0.1) is 0 Å². The Morgan fingerprint density at radius 2 is 1.41 bits per heavy atom. The Morgan fingerprint density at radius 1 is 0.865 bits per heavy atom. The first-order chi connectivity index (χ1) is 17.5. The number of benzene rings is 2. The van der Waals surface area contributed by atoms with Crippen LogP contribution in [0.25, 0.3) is 12.2 Å². The van der Waals surface area contributed by atoms with E-state index < -0.39 is 0 Å². The van der Waals surface area contributed by atoms with E-state index in [1.54, 1.807) is 6.08 Å². The van der Waals surface area contributed by atoms with Crippen LogP contribution in [0.3, 0.4) is 0 Å². The molecule has 0 spiro atoms. The lowest BCUT2D eigenvalue weighted by Crippen LogP contribution is -2.48. The van der Waals surface area contributed by atoms with Crippen molar-refractivity contribution in [3.8, 4) is 6.07 Å². The van der Waals surface area contributed by atoms with Crippen LogP contribution in [0.5, 0.6) is 0 Å². The maximum atomic E-state index is 13.0. The smallest absolute Gasteiger partial charge is 0.253 e. The number of carbonyl (C=O) groups is 1. The standard InChI is InChI=1S/C31H36N4O2/c1-30(2,3)24-12-7-22(8-13-24)9-16-27-33-26(21-32)29(37-27)35-19-17-34(18-20-35)28(36)23-10-14-25(15-11-23)31(4,5)6/h7-16H,17-20H2,1-6H3/b16-9+. The third-order valence-corrected chi connectivity index (χ3v) is 6.78. The predicted octanol–water partition coefficient (Wildman–Crippen LogP) is 6.27. The molecule has 0 radical (unpaired) electrons. The molecule has 3 aromatic rings. The van der Waals surface area contributed by atoms with Crippen molar-refractivity contribution in [1.29, 1.82) is 5.26 Å². The van der Waals surface area contributed by atoms with Crippen LogP contribution in [0.4, 0.5) is 5.88 Å². The molecule has 0 N–H and O–H groups in total. The van der Waals surface area contributed by atoms with Crippen LogP contribution in [-0.4, -0.2) is 42.0 Å². The molecule has 0 bridgehead atoms. The second-order valence-electron chi connectivity index (χ2n) is 11.6. The number of amides is 1. The highest BCUT2D eigenvalue weighted by Crippen LogP contribution is 2.26. The van der Waals surface area contributed by atoms with Crippen molar-refractivity contribution >= 4 is 23.9 Å². The maximum Gasteiger partial charge on any atom is 0.253 e. The van der Waals surface area contributed by atoms with Crippen LogP contribution in [0.1, 0.15) is 80.2 Å². The predicted molar refractivity (Wildman–Crippen MR) is 149 cm³/mol. The van der Waals surface area contributed by atoms with E-state index in [4.69, 9.17) is 4.42 Å². The summed E-state index contributed by atoms with van der Waals surface area (Å²) in [5, 5.41) is 9.64. The zero-order valence-corrected chi connectivity index (χ0v) is 22.7. The third kappa shape index (κ3) is 6.11. The lowest BCUT2D eigenvalue weighted by molar-refractivity contribution is 0.0745. The first-order valence-electron chi connectivity index (χ1n) is 12.8. The fraction of sp³-hybridized carbons (Fsp3) is 0.387. The fourth-order valence-corrected chi connectivity index (χ4v) is 4.36. The van der Waals surface area contributed by atoms with Gasteiger partial charge in [0.1, 0.15) is 6.07 Å². The SMILES string of the molecule is CC(C)(C)c1ccc(/C=C/c2nc(C#N)c(N3CCN(C(=O)c4ccc(C(C)(C)C)cc4)CC3)o2)cc1. The molecule has 0 saturated carbocycles. The van der Waals surface area contributed by atoms with Gasteiger partial charge < -0.3 is 14.2 Å². The van der Waals surface area contributed by atoms with Gasteiger partial charge in [-0.25, -0.2) is 0 Å². The summed E-state index contributed by atoms with van der Waals surface area (Å²) in [6.45, 7) is 15.3. The van der Waals surface area contributed by atoms with Crippen molar-refractivity contribution in [2.75, 3.05) is 31.1 Å². The maximum absolute atomic E-state index is 13.0. The Hall–Kier alpha value is -3.85. The highest BCUT2D eigenvalue weighted by atomic mass is 16.4. The molecule has 192 valence electrons. The van der Waals surface area contributed by atoms with Gasteiger partial charge >= 0.3 is 0 Å². The van der Waals surface area contributed by atoms with Gasteiger partial charge in [-0.15, -0.1) is 0 Å². The van der Waals surface area contributed by atoms with Gasteiger partial charge in [0, 0.05) is 37.8 Å². The molecule has 0 atom stereocenters. The molecule has 1 amide bonds. The normalized spacial score (nSPS) is 14.7. The highest BCUT2D eigenvalue weighted by Gasteiger charge is 2.27. The molecule has 4 rings (SSSR count). The molecular formula is C31H36N4O2. The van der Waals surface area contributed by atoms with Crippen LogP contribution in [0.2, 0.25) is 0 Å². The molecule has 1 aliphatic rings. The second kappa shape index (κ2) is 10.3. The molecule has 37 heavy (non-hydrogen) atoms. The Bertz CT molecular complexity index is 1310. The summed E-state index contributed by atoms with van der Waals surface area (Å²) in [5.74, 6) is 0.884. The van der Waals surface area contributed by atoms with Crippen LogP contribution in [0, 0.1) is 11.3 Å². The van der Waals surface area contributed by atoms with E-state index >= 15 is 0 Å². The Labute approximate surface area is 220 Å². The topological polar surface area (TPSA) is 73.4 Å². The molecule has 0 unspecified atom stereocenters. The van der Waals surface area contributed by atoms with Gasteiger partial charge in [-0.05, 0) is 45.7 Å². The summed E-state index contributed by atoms with van der Waals surface area (Å²) in [5.41, 5.74) is 4.63. The van der Waals surface area contributed by atoms with E-state index in [1.807, 2.05) is 40.1 Å². The largest absolute Gasteiger partial charge is 0.420 e. The number of carbonyl (C=O) groups excluding carboxylic acids is 1. The number of anilines is 1. The summed E-state index contributed by atoms with van der Waals surface area (Å²) in [7, 11) is 0. The summed E-state index contributed by atoms with van der Waals surface area (Å²) < 4.78 is 5.97. The van der Waals surface area contributed by atoms with Gasteiger partial charge in [0.15, 0.2) is 0 Å². The molecular weight excluding hydrogens is 460 g/mol. The Kier molecular flexibility index (Phi) is 7.27. The number of rotatable bonds is 4. The van der Waals surface area contributed by atoms with Crippen LogP contribution in [0.15, 0.2) is 52.9 Å². The minimum atomic E-state index is 0.0271. The first kappa shape index (κ1) is 26.2. The van der Waals surface area contributed by atoms with Gasteiger partial charge in [0.25, 0.3) is 5.91 Å². The summed E-state index contributed by atoms with van der Waals surface area (Å²) in [6.07, 6.45) is 3.72. The molecule has 2 heterocycles. The van der Waals surface area contributed by atoms with E-state index in [9.17, 15) is 10.1 Å². The van der Waals surface area contributed by atoms with Crippen LogP contribution in [-0.2, 0) is 10.8 Å². The van der Waals surface area contributed by atoms with Gasteiger partial charge in [0.2, 0.25) is 17.5 Å². The number of oxazole rings is 1. The molecule has 1 aliphatic heterocycles. The van der Waals surface area contributed by atoms with Crippen molar-refractivity contribution in [1.82, 2.24) is 9.88 Å². The van der Waals surface area contributed by atoms with E-state index in [0.29, 0.717) is 43.5 Å². The monoisotopic (exact) mass is 496 g/mol. The minimum absolute atomic E-state index is 0.0271. The summed E-state index contributed by atoms with van der Waals surface area (Å²) in [4.78, 5) is 21.3. The van der Waals surface area contributed by atoms with E-state index in [0.717, 1.165) is 5.56 Å². The molecule has 6 nitrogen and oxygen atoms in total. The summed E-state index contributed by atoms with van der Waals surface area (Å²) >= 11 is 0. The molecule has 2 aromatic carbocycles. The Balaban J connectivity index is 1.40. The van der Waals surface area contributed by atoms with Crippen LogP contribution < -0.4 is 4.90 Å². The molecule has 0 aliphatic carbocycles. The number of piperazine rings is 1. The molecule has 1 fully saturated rings. The van der Waals surface area contributed by atoms with E-state index in [1.165, 1.54) is 11.1 Å². The highest BCUT2D eigenvalue weighted by molar-refractivity contribution is 5.94. The quantitative estimate of drug-likeness (QED) is 0.425. The third-order valence-electron chi connectivity index (χ3n) is 6.78. The van der Waals surface area contributed by atoms with Gasteiger partial charge in [-0.1, -0.05) is 77.9 Å². The zero-order valence-electron chi connectivity index (χ0n) is 22.7. The van der Waals surface area contributed by atoms with Gasteiger partial charge in [-0.2, -0.15) is 10.2 Å². The minimum Gasteiger partial charge on any atom is -0.420 e. The number of nitrogens with zero attached hydrogens (tertiary/aromatic N) is 4. The van der Waals surface area contributed by atoms with Crippen molar-refractivity contribution in [2.24, 2.45) is 0 Å². The molecule has 1 saturated heterocycles. The average molecular weight is 497 g/mol. The van der Waals surface area contributed by atoms with Crippen LogP contribution >= 0.6 is 0 Å². The summed E-state index contributed by atoms with van der Waals surface area (Å²) in [6, 6.07) is 18.4. The Morgan fingerprint density at radius 3 is 1.92 bits per heavy atom. The number of hydrogen-bond donors (Lipinski definition) is 0. The van der Waals surface area contributed by atoms with Gasteiger partial charge in [-0.3, -0.25) is 4.79 Å². The van der Waals surface area contributed by atoms with Crippen molar-refractivity contribution < 1.29 is 9.21 Å². The number of aromatic nitrogens is 1. The van der Waals surface area contributed by atoms with E-state index in [-0.39, 0.29) is 22.4 Å². The number of nitriles is 1. The lowest BCUT2D eigenvalue weighted by Gasteiger charge is -2.34. The zero-order chi connectivity index (χ0) is 26.8. The van der Waals surface area contributed by atoms with Crippen molar-refractivity contribution in [2.45, 2.75) is 52.4 Å². The second-order valence-corrected chi connectivity index (χ2v) is 11.6. The number of hydrogen-bond acceptors (Lipinski definition) is 5.